The number of rotatable bonds is 6. The Morgan fingerprint density at radius 2 is 2.16 bits per heavy atom. The molecular formula is C25H33FN4O2. The fourth-order valence-corrected chi connectivity index (χ4v) is 4.81. The smallest absolute Gasteiger partial charge is 0.241 e. The third-order valence-corrected chi connectivity index (χ3v) is 6.51. The molecule has 2 aliphatic heterocycles. The van der Waals surface area contributed by atoms with E-state index in [0.717, 1.165) is 35.6 Å². The third-order valence-electron chi connectivity index (χ3n) is 6.51. The van der Waals surface area contributed by atoms with Crippen molar-refractivity contribution in [3.05, 3.63) is 59.2 Å². The number of anilines is 1. The summed E-state index contributed by atoms with van der Waals surface area (Å²) in [5, 5.41) is 3.47. The Kier molecular flexibility index (Phi) is 6.60. The van der Waals surface area contributed by atoms with Gasteiger partial charge in [-0.1, -0.05) is 26.0 Å². The molecule has 1 N–H and O–H groups in total. The number of carbonyl (C=O) groups excluding carboxylic acids is 1. The molecule has 0 aliphatic carbocycles. The Labute approximate surface area is 189 Å². The summed E-state index contributed by atoms with van der Waals surface area (Å²) in [6, 6.07) is 9.09. The largest absolute Gasteiger partial charge is 0.383 e. The van der Waals surface area contributed by atoms with Crippen LogP contribution in [0.3, 0.4) is 0 Å². The lowest BCUT2D eigenvalue weighted by molar-refractivity contribution is -0.121. The summed E-state index contributed by atoms with van der Waals surface area (Å²) < 4.78 is 19.0. The highest BCUT2D eigenvalue weighted by Gasteiger charge is 2.39. The van der Waals surface area contributed by atoms with E-state index in [1.807, 2.05) is 23.2 Å². The van der Waals surface area contributed by atoms with Crippen LogP contribution in [0, 0.1) is 5.82 Å². The highest BCUT2D eigenvalue weighted by Crippen LogP contribution is 2.40. The zero-order valence-corrected chi connectivity index (χ0v) is 19.4. The molecule has 4 rings (SSSR count). The highest BCUT2D eigenvalue weighted by atomic mass is 19.1. The van der Waals surface area contributed by atoms with Crippen LogP contribution in [0.15, 0.2) is 36.5 Å². The molecule has 172 valence electrons. The average molecular weight is 441 g/mol. The molecule has 2 aliphatic rings. The second-order valence-corrected chi connectivity index (χ2v) is 9.71. The number of ether oxygens (including phenoxy) is 1. The Bertz CT molecular complexity index is 980. The number of fused-ring (bicyclic) bond motifs is 1. The fraction of sp³-hybridized carbons (Fsp3) is 0.520. The molecule has 32 heavy (non-hydrogen) atoms. The fourth-order valence-electron chi connectivity index (χ4n) is 4.81. The molecular weight excluding hydrogens is 407 g/mol. The van der Waals surface area contributed by atoms with Crippen LogP contribution >= 0.6 is 0 Å². The number of benzene rings is 1. The molecule has 0 unspecified atom stereocenters. The van der Waals surface area contributed by atoms with Crippen LogP contribution in [0.5, 0.6) is 0 Å². The monoisotopic (exact) mass is 440 g/mol. The number of carbonyl (C=O) groups is 1. The van der Waals surface area contributed by atoms with Crippen LogP contribution in [0.25, 0.3) is 0 Å². The normalized spacial score (nSPS) is 22.7. The summed E-state index contributed by atoms with van der Waals surface area (Å²) in [5.74, 6) is -0.160. The van der Waals surface area contributed by atoms with E-state index >= 15 is 0 Å². The number of nitrogens with zero attached hydrogens (tertiary/aromatic N) is 3. The van der Waals surface area contributed by atoms with E-state index in [2.05, 4.69) is 36.0 Å². The maximum Gasteiger partial charge on any atom is 0.241 e. The van der Waals surface area contributed by atoms with Crippen molar-refractivity contribution < 1.29 is 13.9 Å². The van der Waals surface area contributed by atoms with Gasteiger partial charge in [-0.3, -0.25) is 14.7 Å². The molecule has 0 radical (unpaired) electrons. The topological polar surface area (TPSA) is 57.7 Å². The molecule has 2 aromatic rings. The van der Waals surface area contributed by atoms with Gasteiger partial charge in [0.2, 0.25) is 5.91 Å². The second-order valence-electron chi connectivity index (χ2n) is 9.71. The van der Waals surface area contributed by atoms with Crippen molar-refractivity contribution in [3.8, 4) is 0 Å². The molecule has 1 fully saturated rings. The van der Waals surface area contributed by atoms with Gasteiger partial charge in [-0.15, -0.1) is 0 Å². The summed E-state index contributed by atoms with van der Waals surface area (Å²) in [5.41, 5.74) is 3.53. The summed E-state index contributed by atoms with van der Waals surface area (Å²) in [7, 11) is 1.70. The van der Waals surface area contributed by atoms with Crippen LogP contribution in [0.4, 0.5) is 10.1 Å². The molecule has 1 amide bonds. The minimum Gasteiger partial charge on any atom is -0.383 e. The molecule has 2 atom stereocenters. The van der Waals surface area contributed by atoms with E-state index in [1.165, 1.54) is 12.1 Å². The minimum atomic E-state index is -0.252. The Morgan fingerprint density at radius 3 is 2.91 bits per heavy atom. The van der Waals surface area contributed by atoms with Gasteiger partial charge in [-0.25, -0.2) is 4.39 Å². The summed E-state index contributed by atoms with van der Waals surface area (Å²) in [6.07, 6.45) is 2.41. The van der Waals surface area contributed by atoms with E-state index in [0.29, 0.717) is 32.2 Å². The third kappa shape index (κ3) is 4.85. The number of aromatic nitrogens is 1. The molecule has 1 aromatic heterocycles. The van der Waals surface area contributed by atoms with Gasteiger partial charge in [-0.05, 0) is 30.7 Å². The van der Waals surface area contributed by atoms with Gasteiger partial charge in [0.1, 0.15) is 5.82 Å². The Hall–Kier alpha value is -2.35. The maximum absolute atomic E-state index is 13.6. The van der Waals surface area contributed by atoms with Gasteiger partial charge >= 0.3 is 0 Å². The molecule has 7 heteroatoms. The number of nitrogens with one attached hydrogen (secondary N) is 1. The van der Waals surface area contributed by atoms with E-state index in [4.69, 9.17) is 4.74 Å². The molecule has 0 bridgehead atoms. The van der Waals surface area contributed by atoms with E-state index in [-0.39, 0.29) is 23.2 Å². The van der Waals surface area contributed by atoms with Crippen molar-refractivity contribution in [3.63, 3.8) is 0 Å². The van der Waals surface area contributed by atoms with Crippen LogP contribution in [0.1, 0.15) is 37.6 Å². The van der Waals surface area contributed by atoms with Crippen LogP contribution in [0.2, 0.25) is 0 Å². The van der Waals surface area contributed by atoms with Gasteiger partial charge in [0.25, 0.3) is 0 Å². The standard InChI is InChI=1S/C25H33FN4O2/c1-17-13-29(21(11-27-17)15-32-4)14-24(31)30-16-25(2,3)22-12-28-20(10-23(22)30)9-18-6-5-7-19(26)8-18/h5-8,10,12,17,21,27H,9,11,13-16H2,1-4H3/t17-,21-/m1/s1. The first-order valence-corrected chi connectivity index (χ1v) is 11.3. The number of amides is 1. The van der Waals surface area contributed by atoms with E-state index in [1.54, 1.807) is 13.2 Å². The van der Waals surface area contributed by atoms with Gasteiger partial charge in [-0.2, -0.15) is 0 Å². The molecule has 0 spiro atoms. The van der Waals surface area contributed by atoms with E-state index < -0.39 is 0 Å². The lowest BCUT2D eigenvalue weighted by Crippen LogP contribution is -2.59. The zero-order valence-electron chi connectivity index (χ0n) is 19.4. The number of hydrogen-bond acceptors (Lipinski definition) is 5. The average Bonchev–Trinajstić information content (AvgIpc) is 3.01. The van der Waals surface area contributed by atoms with Gasteiger partial charge in [0.15, 0.2) is 0 Å². The lowest BCUT2D eigenvalue weighted by atomic mass is 9.88. The number of piperazine rings is 1. The number of pyridine rings is 1. The lowest BCUT2D eigenvalue weighted by Gasteiger charge is -2.39. The second kappa shape index (κ2) is 9.25. The molecule has 3 heterocycles. The number of hydrogen-bond donors (Lipinski definition) is 1. The maximum atomic E-state index is 13.6. The predicted octanol–water partition coefficient (Wildman–Crippen LogP) is 2.74. The van der Waals surface area contributed by atoms with Crippen molar-refractivity contribution >= 4 is 11.6 Å². The molecule has 0 saturated carbocycles. The number of halogens is 1. The number of methoxy groups -OCH3 is 1. The summed E-state index contributed by atoms with van der Waals surface area (Å²) >= 11 is 0. The molecule has 1 aromatic carbocycles. The predicted molar refractivity (Wildman–Crippen MR) is 124 cm³/mol. The van der Waals surface area contributed by atoms with Crippen LogP contribution in [-0.4, -0.2) is 67.8 Å². The summed E-state index contributed by atoms with van der Waals surface area (Å²) in [4.78, 5) is 22.3. The minimum absolute atomic E-state index is 0.0925. The van der Waals surface area contributed by atoms with Crippen LogP contribution < -0.4 is 10.2 Å². The molecule has 1 saturated heterocycles. The van der Waals surface area contributed by atoms with Crippen molar-refractivity contribution in [2.75, 3.05) is 44.8 Å². The molecule has 6 nitrogen and oxygen atoms in total. The van der Waals surface area contributed by atoms with E-state index in [9.17, 15) is 9.18 Å². The summed E-state index contributed by atoms with van der Waals surface area (Å²) in [6.45, 7) is 9.63. The zero-order chi connectivity index (χ0) is 22.9. The van der Waals surface area contributed by atoms with Gasteiger partial charge in [0, 0.05) is 68.1 Å². The van der Waals surface area contributed by atoms with Gasteiger partial charge in [0.05, 0.1) is 18.8 Å². The first-order chi connectivity index (χ1) is 15.3. The SMILES string of the molecule is COC[C@H]1CN[C@H](C)CN1CC(=O)N1CC(C)(C)c2cnc(Cc3cccc(F)c3)cc21. The quantitative estimate of drug-likeness (QED) is 0.749. The first-order valence-electron chi connectivity index (χ1n) is 11.3. The van der Waals surface area contributed by atoms with Crippen LogP contribution in [-0.2, 0) is 21.4 Å². The van der Waals surface area contributed by atoms with Gasteiger partial charge < -0.3 is 15.0 Å². The van der Waals surface area contributed by atoms with Crippen molar-refractivity contribution in [1.82, 2.24) is 15.2 Å². The highest BCUT2D eigenvalue weighted by molar-refractivity contribution is 5.97. The van der Waals surface area contributed by atoms with Crippen molar-refractivity contribution in [2.24, 2.45) is 0 Å². The van der Waals surface area contributed by atoms with Crippen molar-refractivity contribution in [1.29, 1.82) is 0 Å². The van der Waals surface area contributed by atoms with Crippen molar-refractivity contribution in [2.45, 2.75) is 44.7 Å². The Morgan fingerprint density at radius 1 is 1.34 bits per heavy atom. The Balaban J connectivity index is 1.56. The first kappa shape index (κ1) is 22.8.